The highest BCUT2D eigenvalue weighted by molar-refractivity contribution is 7.84. The summed E-state index contributed by atoms with van der Waals surface area (Å²) < 4.78 is 0. The Hall–Kier alpha value is -0.430. The quantitative estimate of drug-likeness (QED) is 0.489. The first-order valence-corrected chi connectivity index (χ1v) is 4.88. The first-order valence-electron chi connectivity index (χ1n) is 4.43. The normalized spacial score (nSPS) is 11.8. The van der Waals surface area contributed by atoms with E-state index in [0.717, 1.165) is 11.3 Å². The Kier molecular flexibility index (Phi) is 12.4. The molecule has 0 aromatic rings. The molecule has 0 atom stereocenters. The van der Waals surface area contributed by atoms with E-state index in [0.29, 0.717) is 0 Å². The second kappa shape index (κ2) is 10.6. The van der Waals surface area contributed by atoms with Crippen molar-refractivity contribution in [2.24, 2.45) is 0 Å². The van der Waals surface area contributed by atoms with Crippen LogP contribution in [0, 0.1) is 0 Å². The Morgan fingerprint density at radius 2 is 1.92 bits per heavy atom. The fraction of sp³-hybridized carbons (Fsp3) is 0.455. The maximum Gasteiger partial charge on any atom is 0.00292 e. The largest absolute Gasteiger partial charge is 0.143 e. The van der Waals surface area contributed by atoms with E-state index in [2.05, 4.69) is 26.1 Å². The zero-order valence-electron chi connectivity index (χ0n) is 8.59. The molecule has 0 nitrogen and oxygen atoms in total. The molecule has 0 aliphatic carbocycles. The first-order chi connectivity index (χ1) is 5.76. The lowest BCUT2D eigenvalue weighted by Crippen LogP contribution is -1.78. The second-order valence-electron chi connectivity index (χ2n) is 1.96. The van der Waals surface area contributed by atoms with E-state index in [1.54, 1.807) is 6.08 Å². The molecule has 0 unspecified atom stereocenters. The van der Waals surface area contributed by atoms with Gasteiger partial charge in [-0.1, -0.05) is 45.6 Å². The minimum atomic E-state index is 1.01. The monoisotopic (exact) mass is 184 g/mol. The molecule has 0 aromatic carbocycles. The molecule has 0 aromatic heterocycles. The SMILES string of the molecule is C=C/C=C(CC)\C(S)=C/C.CC. The molecule has 12 heavy (non-hydrogen) atoms. The Morgan fingerprint density at radius 3 is 2.17 bits per heavy atom. The lowest BCUT2D eigenvalue weighted by molar-refractivity contribution is 1.14. The molecule has 0 aliphatic rings. The van der Waals surface area contributed by atoms with Crippen molar-refractivity contribution in [3.8, 4) is 0 Å². The predicted octanol–water partition coefficient (Wildman–Crippen LogP) is 4.37. The van der Waals surface area contributed by atoms with Crippen molar-refractivity contribution in [1.82, 2.24) is 0 Å². The number of allylic oxidation sites excluding steroid dienone is 4. The number of rotatable bonds is 3. The van der Waals surface area contributed by atoms with Crippen molar-refractivity contribution in [2.75, 3.05) is 0 Å². The maximum absolute atomic E-state index is 4.28. The average Bonchev–Trinajstić information content (AvgIpc) is 2.16. The Balaban J connectivity index is 0. The molecule has 0 bridgehead atoms. The van der Waals surface area contributed by atoms with Crippen LogP contribution < -0.4 is 0 Å². The summed E-state index contributed by atoms with van der Waals surface area (Å²) in [6.07, 6.45) is 6.78. The summed E-state index contributed by atoms with van der Waals surface area (Å²) in [5.41, 5.74) is 1.24. The maximum atomic E-state index is 4.28. The Labute approximate surface area is 82.5 Å². The zero-order chi connectivity index (χ0) is 9.98. The van der Waals surface area contributed by atoms with E-state index >= 15 is 0 Å². The minimum Gasteiger partial charge on any atom is -0.143 e. The molecule has 0 rings (SSSR count). The van der Waals surface area contributed by atoms with E-state index in [9.17, 15) is 0 Å². The third-order valence-corrected chi connectivity index (χ3v) is 1.85. The van der Waals surface area contributed by atoms with Crippen molar-refractivity contribution < 1.29 is 0 Å². The van der Waals surface area contributed by atoms with Gasteiger partial charge in [0.05, 0.1) is 0 Å². The van der Waals surface area contributed by atoms with E-state index in [-0.39, 0.29) is 0 Å². The molecule has 0 radical (unpaired) electrons. The summed E-state index contributed by atoms with van der Waals surface area (Å²) in [6.45, 7) is 11.7. The highest BCUT2D eigenvalue weighted by Crippen LogP contribution is 2.16. The summed E-state index contributed by atoms with van der Waals surface area (Å²) in [4.78, 5) is 1.04. The third kappa shape index (κ3) is 6.29. The molecule has 0 heterocycles. The second-order valence-corrected chi connectivity index (χ2v) is 2.44. The molecular formula is C11H20S. The number of thiol groups is 1. The van der Waals surface area contributed by atoms with Gasteiger partial charge in [0.15, 0.2) is 0 Å². The van der Waals surface area contributed by atoms with Gasteiger partial charge >= 0.3 is 0 Å². The van der Waals surface area contributed by atoms with Crippen LogP contribution in [0.2, 0.25) is 0 Å². The Bertz CT molecular complexity index is 164. The Morgan fingerprint density at radius 1 is 1.42 bits per heavy atom. The van der Waals surface area contributed by atoms with Gasteiger partial charge in [0.1, 0.15) is 0 Å². The summed E-state index contributed by atoms with van der Waals surface area (Å²) in [5, 5.41) is 0. The van der Waals surface area contributed by atoms with Gasteiger partial charge in [-0.2, -0.15) is 0 Å². The van der Waals surface area contributed by atoms with Crippen LogP contribution >= 0.6 is 12.6 Å². The van der Waals surface area contributed by atoms with Crippen LogP contribution in [-0.4, -0.2) is 0 Å². The molecule has 0 fully saturated rings. The summed E-state index contributed by atoms with van der Waals surface area (Å²) in [6, 6.07) is 0. The van der Waals surface area contributed by atoms with E-state index in [1.165, 1.54) is 5.57 Å². The van der Waals surface area contributed by atoms with Gasteiger partial charge in [-0.15, -0.1) is 12.6 Å². The number of hydrogen-bond donors (Lipinski definition) is 1. The summed E-state index contributed by atoms with van der Waals surface area (Å²) in [5.74, 6) is 0. The average molecular weight is 184 g/mol. The fourth-order valence-corrected chi connectivity index (χ4v) is 0.945. The van der Waals surface area contributed by atoms with Crippen LogP contribution in [-0.2, 0) is 0 Å². The van der Waals surface area contributed by atoms with E-state index in [4.69, 9.17) is 0 Å². The van der Waals surface area contributed by atoms with Gasteiger partial charge in [-0.25, -0.2) is 0 Å². The molecule has 0 spiro atoms. The summed E-state index contributed by atoms with van der Waals surface area (Å²) >= 11 is 4.28. The molecule has 70 valence electrons. The first kappa shape index (κ1) is 14.1. The van der Waals surface area contributed by atoms with E-state index in [1.807, 2.05) is 32.9 Å². The van der Waals surface area contributed by atoms with Crippen LogP contribution in [0.5, 0.6) is 0 Å². The standard InChI is InChI=1S/C9H14S.C2H6/c1-4-7-8(5-2)9(10)6-3;1-2/h4,6-7,10H,1,5H2,2-3H3;1-2H3/b8-7-,9-6+;. The van der Waals surface area contributed by atoms with Gasteiger partial charge in [0.2, 0.25) is 0 Å². The van der Waals surface area contributed by atoms with Gasteiger partial charge in [0.25, 0.3) is 0 Å². The highest BCUT2D eigenvalue weighted by Gasteiger charge is 1.93. The van der Waals surface area contributed by atoms with Gasteiger partial charge in [0, 0.05) is 4.91 Å². The van der Waals surface area contributed by atoms with Crippen LogP contribution in [0.15, 0.2) is 35.3 Å². The van der Waals surface area contributed by atoms with Crippen LogP contribution in [0.25, 0.3) is 0 Å². The van der Waals surface area contributed by atoms with Crippen LogP contribution in [0.1, 0.15) is 34.1 Å². The minimum absolute atomic E-state index is 1.01. The van der Waals surface area contributed by atoms with Crippen molar-refractivity contribution in [3.63, 3.8) is 0 Å². The molecule has 0 amide bonds. The van der Waals surface area contributed by atoms with E-state index < -0.39 is 0 Å². The lowest BCUT2D eigenvalue weighted by atomic mass is 10.2. The van der Waals surface area contributed by atoms with Crippen molar-refractivity contribution >= 4 is 12.6 Å². The van der Waals surface area contributed by atoms with Crippen molar-refractivity contribution in [3.05, 3.63) is 35.3 Å². The smallest absolute Gasteiger partial charge is 0.00292 e. The van der Waals surface area contributed by atoms with Gasteiger partial charge < -0.3 is 0 Å². The highest BCUT2D eigenvalue weighted by atomic mass is 32.1. The molecular weight excluding hydrogens is 164 g/mol. The van der Waals surface area contributed by atoms with Crippen LogP contribution in [0.3, 0.4) is 0 Å². The topological polar surface area (TPSA) is 0 Å². The summed E-state index contributed by atoms with van der Waals surface area (Å²) in [7, 11) is 0. The molecule has 0 saturated heterocycles. The van der Waals surface area contributed by atoms with Gasteiger partial charge in [-0.05, 0) is 18.9 Å². The molecule has 1 heteroatoms. The molecule has 0 aliphatic heterocycles. The zero-order valence-corrected chi connectivity index (χ0v) is 9.49. The van der Waals surface area contributed by atoms with Crippen molar-refractivity contribution in [1.29, 1.82) is 0 Å². The molecule has 0 N–H and O–H groups in total. The van der Waals surface area contributed by atoms with Crippen molar-refractivity contribution in [2.45, 2.75) is 34.1 Å². The fourth-order valence-electron chi connectivity index (χ4n) is 0.712. The number of hydrogen-bond acceptors (Lipinski definition) is 1. The molecule has 0 saturated carbocycles. The van der Waals surface area contributed by atoms with Crippen LogP contribution in [0.4, 0.5) is 0 Å². The van der Waals surface area contributed by atoms with Gasteiger partial charge in [-0.3, -0.25) is 0 Å². The predicted molar refractivity (Wildman–Crippen MR) is 62.7 cm³/mol. The lowest BCUT2D eigenvalue weighted by Gasteiger charge is -2.00. The third-order valence-electron chi connectivity index (χ3n) is 1.30.